The van der Waals surface area contributed by atoms with Crippen LogP contribution in [0.1, 0.15) is 17.5 Å². The minimum atomic E-state index is -0.452. The summed E-state index contributed by atoms with van der Waals surface area (Å²) < 4.78 is 10.0. The van der Waals surface area contributed by atoms with E-state index in [2.05, 4.69) is 4.74 Å². The summed E-state index contributed by atoms with van der Waals surface area (Å²) in [5, 5.41) is 0. The molecule has 0 atom stereocenters. The maximum atomic E-state index is 12.4. The van der Waals surface area contributed by atoms with E-state index in [0.29, 0.717) is 6.54 Å². The highest BCUT2D eigenvalue weighted by Gasteiger charge is 2.17. The second-order valence-corrected chi connectivity index (χ2v) is 5.27. The van der Waals surface area contributed by atoms with Crippen molar-refractivity contribution in [3.8, 4) is 0 Å². The molecular weight excluding hydrogens is 306 g/mol. The van der Waals surface area contributed by atoms with Gasteiger partial charge in [0.2, 0.25) is 0 Å². The molecule has 5 heteroatoms. The van der Waals surface area contributed by atoms with Gasteiger partial charge in [0, 0.05) is 13.1 Å². The summed E-state index contributed by atoms with van der Waals surface area (Å²) in [7, 11) is 1.33. The van der Waals surface area contributed by atoms with Crippen LogP contribution in [0.25, 0.3) is 0 Å². The first kappa shape index (κ1) is 17.5. The van der Waals surface area contributed by atoms with E-state index in [1.165, 1.54) is 12.0 Å². The van der Waals surface area contributed by atoms with Crippen molar-refractivity contribution in [1.29, 1.82) is 0 Å². The Bertz CT molecular complexity index is 643. The molecule has 0 aliphatic carbocycles. The normalized spacial score (nSPS) is 10.0. The molecule has 2 rings (SSSR count). The van der Waals surface area contributed by atoms with Crippen molar-refractivity contribution < 1.29 is 19.1 Å². The van der Waals surface area contributed by atoms with E-state index in [1.54, 1.807) is 0 Å². The first-order chi connectivity index (χ1) is 11.7. The van der Waals surface area contributed by atoms with Gasteiger partial charge in [-0.15, -0.1) is 0 Å². The Morgan fingerprint density at radius 3 is 2.08 bits per heavy atom. The first-order valence-corrected chi connectivity index (χ1v) is 7.75. The third-order valence-electron chi connectivity index (χ3n) is 3.49. The lowest BCUT2D eigenvalue weighted by atomic mass is 10.2. The minimum absolute atomic E-state index is 0.129. The molecule has 0 saturated carbocycles. The summed E-state index contributed by atoms with van der Waals surface area (Å²) in [6.07, 6.45) is -0.323. The van der Waals surface area contributed by atoms with Gasteiger partial charge in [0.15, 0.2) is 0 Å². The zero-order chi connectivity index (χ0) is 17.2. The number of carbonyl (C=O) groups excluding carboxylic acids is 2. The lowest BCUT2D eigenvalue weighted by Gasteiger charge is -2.22. The Labute approximate surface area is 141 Å². The molecule has 0 saturated heterocycles. The van der Waals surface area contributed by atoms with Crippen LogP contribution < -0.4 is 0 Å². The van der Waals surface area contributed by atoms with Gasteiger partial charge in [-0.2, -0.15) is 0 Å². The van der Waals surface area contributed by atoms with E-state index in [9.17, 15) is 9.59 Å². The average Bonchev–Trinajstić information content (AvgIpc) is 2.64. The van der Waals surface area contributed by atoms with Gasteiger partial charge < -0.3 is 14.4 Å². The Balaban J connectivity index is 1.97. The number of rotatable bonds is 7. The van der Waals surface area contributed by atoms with Crippen LogP contribution in [0.4, 0.5) is 4.79 Å². The summed E-state index contributed by atoms with van der Waals surface area (Å²) in [5.41, 5.74) is 1.89. The molecule has 0 N–H and O–H groups in total. The highest BCUT2D eigenvalue weighted by atomic mass is 16.6. The molecule has 1 amide bonds. The molecule has 5 nitrogen and oxygen atoms in total. The van der Waals surface area contributed by atoms with Crippen LogP contribution in [0.15, 0.2) is 60.7 Å². The Morgan fingerprint density at radius 1 is 0.917 bits per heavy atom. The molecule has 0 fully saturated rings. The van der Waals surface area contributed by atoms with Crippen molar-refractivity contribution >= 4 is 12.1 Å². The van der Waals surface area contributed by atoms with Gasteiger partial charge in [-0.1, -0.05) is 60.7 Å². The SMILES string of the molecule is COC(=O)CCN(Cc1ccccc1)C(=O)OCc1ccccc1. The third-order valence-corrected chi connectivity index (χ3v) is 3.49. The van der Waals surface area contributed by atoms with Crippen molar-refractivity contribution in [2.45, 2.75) is 19.6 Å². The van der Waals surface area contributed by atoms with Crippen LogP contribution in [0, 0.1) is 0 Å². The van der Waals surface area contributed by atoms with Crippen LogP contribution >= 0.6 is 0 Å². The number of benzene rings is 2. The maximum Gasteiger partial charge on any atom is 0.410 e. The van der Waals surface area contributed by atoms with E-state index in [-0.39, 0.29) is 25.5 Å². The van der Waals surface area contributed by atoms with E-state index >= 15 is 0 Å². The Hall–Kier alpha value is -2.82. The number of esters is 1. The summed E-state index contributed by atoms with van der Waals surface area (Å²) in [4.78, 5) is 25.3. The molecule has 24 heavy (non-hydrogen) atoms. The van der Waals surface area contributed by atoms with Crippen molar-refractivity contribution in [3.05, 3.63) is 71.8 Å². The van der Waals surface area contributed by atoms with Gasteiger partial charge in [-0.05, 0) is 11.1 Å². The van der Waals surface area contributed by atoms with Gasteiger partial charge in [0.1, 0.15) is 6.61 Å². The third kappa shape index (κ3) is 5.76. The zero-order valence-electron chi connectivity index (χ0n) is 13.7. The fourth-order valence-electron chi connectivity index (χ4n) is 2.18. The van der Waals surface area contributed by atoms with Crippen LogP contribution in [0.5, 0.6) is 0 Å². The zero-order valence-corrected chi connectivity index (χ0v) is 13.7. The summed E-state index contributed by atoms with van der Waals surface area (Å²) >= 11 is 0. The number of ether oxygens (including phenoxy) is 2. The molecule has 0 aromatic heterocycles. The lowest BCUT2D eigenvalue weighted by Crippen LogP contribution is -2.33. The number of amides is 1. The van der Waals surface area contributed by atoms with Crippen molar-refractivity contribution in [2.24, 2.45) is 0 Å². The van der Waals surface area contributed by atoms with E-state index in [1.807, 2.05) is 60.7 Å². The largest absolute Gasteiger partial charge is 0.469 e. The molecule has 0 unspecified atom stereocenters. The number of nitrogens with zero attached hydrogens (tertiary/aromatic N) is 1. The van der Waals surface area contributed by atoms with Crippen LogP contribution in [-0.4, -0.2) is 30.6 Å². The van der Waals surface area contributed by atoms with E-state index in [0.717, 1.165) is 11.1 Å². The monoisotopic (exact) mass is 327 g/mol. The van der Waals surface area contributed by atoms with E-state index < -0.39 is 6.09 Å². The molecule has 0 aliphatic heterocycles. The second-order valence-electron chi connectivity index (χ2n) is 5.27. The summed E-state index contributed by atoms with van der Waals surface area (Å²) in [5.74, 6) is -0.357. The van der Waals surface area contributed by atoms with Gasteiger partial charge >= 0.3 is 12.1 Å². The van der Waals surface area contributed by atoms with E-state index in [4.69, 9.17) is 4.74 Å². The standard InChI is InChI=1S/C19H21NO4/c1-23-18(21)12-13-20(14-16-8-4-2-5-9-16)19(22)24-15-17-10-6-3-7-11-17/h2-11H,12-15H2,1H3. The quantitative estimate of drug-likeness (QED) is 0.732. The topological polar surface area (TPSA) is 55.8 Å². The number of hydrogen-bond acceptors (Lipinski definition) is 4. The second kappa shape index (κ2) is 9.35. The Morgan fingerprint density at radius 2 is 1.50 bits per heavy atom. The first-order valence-electron chi connectivity index (χ1n) is 7.75. The molecule has 0 bridgehead atoms. The van der Waals surface area contributed by atoms with Crippen LogP contribution in [0.2, 0.25) is 0 Å². The summed E-state index contributed by atoms with van der Waals surface area (Å²) in [6, 6.07) is 19.0. The predicted octanol–water partition coefficient (Wildman–Crippen LogP) is 3.39. The van der Waals surface area contributed by atoms with Crippen molar-refractivity contribution in [3.63, 3.8) is 0 Å². The van der Waals surface area contributed by atoms with Crippen LogP contribution in [-0.2, 0) is 27.4 Å². The average molecular weight is 327 g/mol. The molecule has 2 aromatic carbocycles. The highest BCUT2D eigenvalue weighted by Crippen LogP contribution is 2.09. The van der Waals surface area contributed by atoms with Gasteiger partial charge in [-0.25, -0.2) is 4.79 Å². The molecule has 0 heterocycles. The fraction of sp³-hybridized carbons (Fsp3) is 0.263. The number of methoxy groups -OCH3 is 1. The fourth-order valence-corrected chi connectivity index (χ4v) is 2.18. The number of hydrogen-bond donors (Lipinski definition) is 0. The molecule has 0 spiro atoms. The van der Waals surface area contributed by atoms with Crippen molar-refractivity contribution in [2.75, 3.05) is 13.7 Å². The van der Waals surface area contributed by atoms with Crippen molar-refractivity contribution in [1.82, 2.24) is 4.90 Å². The minimum Gasteiger partial charge on any atom is -0.469 e. The molecule has 0 radical (unpaired) electrons. The smallest absolute Gasteiger partial charge is 0.410 e. The van der Waals surface area contributed by atoms with Gasteiger partial charge in [0.25, 0.3) is 0 Å². The highest BCUT2D eigenvalue weighted by molar-refractivity contribution is 5.71. The van der Waals surface area contributed by atoms with Crippen LogP contribution in [0.3, 0.4) is 0 Å². The maximum absolute atomic E-state index is 12.4. The Kier molecular flexibility index (Phi) is 6.83. The van der Waals surface area contributed by atoms with Gasteiger partial charge in [0.05, 0.1) is 13.5 Å². The molecule has 2 aromatic rings. The predicted molar refractivity (Wildman–Crippen MR) is 90.1 cm³/mol. The van der Waals surface area contributed by atoms with Gasteiger partial charge in [-0.3, -0.25) is 4.79 Å². The number of carbonyl (C=O) groups is 2. The molecular formula is C19H21NO4. The molecule has 126 valence electrons. The lowest BCUT2D eigenvalue weighted by molar-refractivity contribution is -0.140. The summed E-state index contributed by atoms with van der Waals surface area (Å²) in [6.45, 7) is 0.823. The molecule has 0 aliphatic rings.